The summed E-state index contributed by atoms with van der Waals surface area (Å²) in [7, 11) is 0. The topological polar surface area (TPSA) is 113 Å². The third kappa shape index (κ3) is 7.62. The van der Waals surface area contributed by atoms with Gasteiger partial charge in [0.15, 0.2) is 0 Å². The summed E-state index contributed by atoms with van der Waals surface area (Å²) in [6.45, 7) is 2.45. The monoisotopic (exact) mass is 342 g/mol. The van der Waals surface area contributed by atoms with Crippen LogP contribution in [0.4, 0.5) is 5.69 Å². The predicted molar refractivity (Wildman–Crippen MR) is 91.6 cm³/mol. The van der Waals surface area contributed by atoms with Gasteiger partial charge in [0, 0.05) is 19.5 Å². The van der Waals surface area contributed by atoms with Gasteiger partial charge in [-0.2, -0.15) is 0 Å². The van der Waals surface area contributed by atoms with Crippen molar-refractivity contribution in [2.45, 2.75) is 19.8 Å². The molecule has 0 radical (unpaired) electrons. The number of nitrogens with two attached hydrogens (primary N) is 1. The van der Waals surface area contributed by atoms with Gasteiger partial charge in [-0.15, -0.1) is 12.4 Å². The predicted octanol–water partition coefficient (Wildman–Crippen LogP) is 0.652. The smallest absolute Gasteiger partial charge is 0.253 e. The van der Waals surface area contributed by atoms with Gasteiger partial charge in [-0.3, -0.25) is 14.4 Å². The molecule has 0 bridgehead atoms. The molecule has 1 aromatic rings. The average molecular weight is 343 g/mol. The first-order valence-corrected chi connectivity index (χ1v) is 7.22. The van der Waals surface area contributed by atoms with Crippen LogP contribution < -0.4 is 21.7 Å². The van der Waals surface area contributed by atoms with Crippen LogP contribution in [-0.4, -0.2) is 37.4 Å². The largest absolute Gasteiger partial charge is 0.351 e. The first kappa shape index (κ1) is 20.9. The van der Waals surface area contributed by atoms with Gasteiger partial charge in [0.25, 0.3) is 5.91 Å². The number of anilines is 1. The van der Waals surface area contributed by atoms with Crippen molar-refractivity contribution in [2.24, 2.45) is 5.73 Å². The zero-order valence-corrected chi connectivity index (χ0v) is 13.9. The van der Waals surface area contributed by atoms with E-state index in [1.54, 1.807) is 24.3 Å². The molecular formula is C15H23ClN4O3. The number of hydrogen-bond donors (Lipinski definition) is 4. The maximum atomic E-state index is 12.0. The van der Waals surface area contributed by atoms with Crippen molar-refractivity contribution in [3.05, 3.63) is 29.8 Å². The lowest BCUT2D eigenvalue weighted by molar-refractivity contribution is -0.124. The number of nitrogens with one attached hydrogen (secondary N) is 3. The Balaban J connectivity index is 0.00000484. The number of halogens is 1. The van der Waals surface area contributed by atoms with Crippen LogP contribution in [0.2, 0.25) is 0 Å². The standard InChI is InChI=1S/C15H22N4O3.ClH/c1-2-5-13(20)18-10-14(21)19-12-7-4-3-6-11(12)15(22)17-9-8-16;/h3-4,6-7H,2,5,8-10,16H2,1H3,(H,17,22)(H,18,20)(H,19,21);1H. The summed E-state index contributed by atoms with van der Waals surface area (Å²) in [5.74, 6) is -0.869. The van der Waals surface area contributed by atoms with E-state index in [9.17, 15) is 14.4 Å². The Kier molecular flexibility index (Phi) is 10.4. The van der Waals surface area contributed by atoms with E-state index in [0.717, 1.165) is 6.42 Å². The summed E-state index contributed by atoms with van der Waals surface area (Å²) in [6.07, 6.45) is 1.10. The summed E-state index contributed by atoms with van der Waals surface area (Å²) < 4.78 is 0. The Bertz CT molecular complexity index is 537. The Morgan fingerprint density at radius 3 is 2.43 bits per heavy atom. The maximum absolute atomic E-state index is 12.0. The van der Waals surface area contributed by atoms with Crippen molar-refractivity contribution >= 4 is 35.8 Å². The van der Waals surface area contributed by atoms with Crippen LogP contribution in [-0.2, 0) is 9.59 Å². The molecule has 1 aromatic carbocycles. The zero-order valence-electron chi connectivity index (χ0n) is 13.1. The third-order valence-corrected chi connectivity index (χ3v) is 2.80. The van der Waals surface area contributed by atoms with E-state index in [2.05, 4.69) is 16.0 Å². The molecule has 5 N–H and O–H groups in total. The summed E-state index contributed by atoms with van der Waals surface area (Å²) in [5, 5.41) is 7.78. The molecule has 0 fully saturated rings. The molecule has 128 valence electrons. The van der Waals surface area contributed by atoms with Crippen LogP contribution >= 0.6 is 12.4 Å². The Hall–Kier alpha value is -2.12. The van der Waals surface area contributed by atoms with Gasteiger partial charge in [0.1, 0.15) is 0 Å². The molecule has 0 heterocycles. The van der Waals surface area contributed by atoms with E-state index in [1.165, 1.54) is 0 Å². The molecule has 0 atom stereocenters. The fraction of sp³-hybridized carbons (Fsp3) is 0.400. The van der Waals surface area contributed by atoms with Crippen LogP contribution in [0.15, 0.2) is 24.3 Å². The van der Waals surface area contributed by atoms with Crippen LogP contribution in [0.1, 0.15) is 30.1 Å². The molecule has 0 saturated carbocycles. The van der Waals surface area contributed by atoms with Crippen molar-refractivity contribution < 1.29 is 14.4 Å². The van der Waals surface area contributed by atoms with Gasteiger partial charge in [-0.25, -0.2) is 0 Å². The zero-order chi connectivity index (χ0) is 16.4. The number of rotatable bonds is 8. The normalized spacial score (nSPS) is 9.48. The van der Waals surface area contributed by atoms with Crippen molar-refractivity contribution in [2.75, 3.05) is 25.0 Å². The highest BCUT2D eigenvalue weighted by molar-refractivity contribution is 6.04. The number of carbonyl (C=O) groups is 3. The average Bonchev–Trinajstić information content (AvgIpc) is 2.51. The molecule has 7 nitrogen and oxygen atoms in total. The maximum Gasteiger partial charge on any atom is 0.253 e. The third-order valence-electron chi connectivity index (χ3n) is 2.80. The number of benzene rings is 1. The highest BCUT2D eigenvalue weighted by Crippen LogP contribution is 2.14. The van der Waals surface area contributed by atoms with Gasteiger partial charge in [-0.05, 0) is 18.6 Å². The fourth-order valence-electron chi connectivity index (χ4n) is 1.76. The number of hydrogen-bond acceptors (Lipinski definition) is 4. The van der Waals surface area contributed by atoms with E-state index in [1.807, 2.05) is 6.92 Å². The van der Waals surface area contributed by atoms with Gasteiger partial charge < -0.3 is 21.7 Å². The van der Waals surface area contributed by atoms with Crippen LogP contribution in [0, 0.1) is 0 Å². The molecule has 0 spiro atoms. The summed E-state index contributed by atoms with van der Waals surface area (Å²) in [5.41, 5.74) is 6.09. The molecule has 3 amide bonds. The van der Waals surface area contributed by atoms with E-state index in [4.69, 9.17) is 5.73 Å². The Morgan fingerprint density at radius 2 is 1.78 bits per heavy atom. The molecule has 0 aliphatic carbocycles. The highest BCUT2D eigenvalue weighted by atomic mass is 35.5. The molecule has 1 rings (SSSR count). The van der Waals surface area contributed by atoms with Crippen LogP contribution in [0.5, 0.6) is 0 Å². The van der Waals surface area contributed by atoms with Crippen molar-refractivity contribution in [3.63, 3.8) is 0 Å². The first-order chi connectivity index (χ1) is 10.6. The van der Waals surface area contributed by atoms with Crippen molar-refractivity contribution in [1.29, 1.82) is 0 Å². The molecule has 0 unspecified atom stereocenters. The van der Waals surface area contributed by atoms with Crippen molar-refractivity contribution in [3.8, 4) is 0 Å². The minimum Gasteiger partial charge on any atom is -0.351 e. The molecule has 23 heavy (non-hydrogen) atoms. The van der Waals surface area contributed by atoms with E-state index in [-0.39, 0.29) is 36.7 Å². The number of amides is 3. The molecule has 8 heteroatoms. The molecule has 0 saturated heterocycles. The summed E-state index contributed by atoms with van der Waals surface area (Å²) in [6, 6.07) is 6.65. The minimum atomic E-state index is -0.386. The number of carbonyl (C=O) groups excluding carboxylic acids is 3. The van der Waals surface area contributed by atoms with E-state index < -0.39 is 0 Å². The lowest BCUT2D eigenvalue weighted by atomic mass is 10.1. The summed E-state index contributed by atoms with van der Waals surface area (Å²) >= 11 is 0. The van der Waals surface area contributed by atoms with Gasteiger partial charge >= 0.3 is 0 Å². The SMILES string of the molecule is CCCC(=O)NCC(=O)Nc1ccccc1C(=O)NCCN.Cl. The molecule has 0 aliphatic rings. The van der Waals surface area contributed by atoms with Gasteiger partial charge in [0.2, 0.25) is 11.8 Å². The number of para-hydroxylation sites is 1. The lowest BCUT2D eigenvalue weighted by Crippen LogP contribution is -2.34. The van der Waals surface area contributed by atoms with Crippen LogP contribution in [0.3, 0.4) is 0 Å². The second-order valence-corrected chi connectivity index (χ2v) is 4.67. The van der Waals surface area contributed by atoms with Gasteiger partial charge in [-0.1, -0.05) is 19.1 Å². The summed E-state index contributed by atoms with van der Waals surface area (Å²) in [4.78, 5) is 35.1. The second kappa shape index (κ2) is 11.4. The molecule has 0 aromatic heterocycles. The van der Waals surface area contributed by atoms with E-state index in [0.29, 0.717) is 30.8 Å². The lowest BCUT2D eigenvalue weighted by Gasteiger charge is -2.11. The second-order valence-electron chi connectivity index (χ2n) is 4.67. The Morgan fingerprint density at radius 1 is 1.09 bits per heavy atom. The highest BCUT2D eigenvalue weighted by Gasteiger charge is 2.12. The Labute approximate surface area is 141 Å². The minimum absolute atomic E-state index is 0. The molecular weight excluding hydrogens is 320 g/mol. The van der Waals surface area contributed by atoms with Crippen molar-refractivity contribution in [1.82, 2.24) is 10.6 Å². The fourth-order valence-corrected chi connectivity index (χ4v) is 1.76. The van der Waals surface area contributed by atoms with Crippen LogP contribution in [0.25, 0.3) is 0 Å². The van der Waals surface area contributed by atoms with Gasteiger partial charge in [0.05, 0.1) is 17.8 Å². The molecule has 0 aliphatic heterocycles. The quantitative estimate of drug-likeness (QED) is 0.555. The first-order valence-electron chi connectivity index (χ1n) is 7.22. The van der Waals surface area contributed by atoms with E-state index >= 15 is 0 Å².